The fourth-order valence-electron chi connectivity index (χ4n) is 1.99. The average Bonchev–Trinajstić information content (AvgIpc) is 2.60. The van der Waals surface area contributed by atoms with Crippen LogP contribution in [0, 0.1) is 0 Å². The van der Waals surface area contributed by atoms with Crippen LogP contribution in [0.1, 0.15) is 5.56 Å². The monoisotopic (exact) mass is 332 g/mol. The Hall–Kier alpha value is -2.47. The van der Waals surface area contributed by atoms with Gasteiger partial charge in [-0.3, -0.25) is 0 Å². The van der Waals surface area contributed by atoms with Crippen LogP contribution in [-0.4, -0.2) is 26.4 Å². The Morgan fingerprint density at radius 2 is 1.57 bits per heavy atom. The summed E-state index contributed by atoms with van der Waals surface area (Å²) >= 11 is 5.32. The predicted octanol–water partition coefficient (Wildman–Crippen LogP) is 3.20. The Morgan fingerprint density at radius 3 is 2.17 bits per heavy atom. The first-order valence-electron chi connectivity index (χ1n) is 7.06. The van der Waals surface area contributed by atoms with Gasteiger partial charge < -0.3 is 24.8 Å². The minimum atomic E-state index is 0.518. The molecule has 0 amide bonds. The second-order valence-corrected chi connectivity index (χ2v) is 5.13. The molecule has 2 aromatic rings. The highest BCUT2D eigenvalue weighted by atomic mass is 32.1. The summed E-state index contributed by atoms with van der Waals surface area (Å²) in [5.41, 5.74) is 1.89. The number of ether oxygens (including phenoxy) is 3. The largest absolute Gasteiger partial charge is 0.497 e. The zero-order valence-corrected chi connectivity index (χ0v) is 14.2. The van der Waals surface area contributed by atoms with E-state index in [1.54, 1.807) is 27.4 Å². The van der Waals surface area contributed by atoms with Crippen molar-refractivity contribution >= 4 is 23.0 Å². The van der Waals surface area contributed by atoms with E-state index in [9.17, 15) is 0 Å². The molecule has 0 fully saturated rings. The molecule has 0 heterocycles. The predicted molar refractivity (Wildman–Crippen MR) is 95.6 cm³/mol. The molecule has 0 saturated heterocycles. The van der Waals surface area contributed by atoms with E-state index in [1.807, 2.05) is 36.4 Å². The van der Waals surface area contributed by atoms with Crippen molar-refractivity contribution in [2.75, 3.05) is 26.6 Å². The van der Waals surface area contributed by atoms with Crippen molar-refractivity contribution in [3.05, 3.63) is 48.0 Å². The molecule has 2 rings (SSSR count). The Kier molecular flexibility index (Phi) is 6.05. The highest BCUT2D eigenvalue weighted by Crippen LogP contribution is 2.28. The first-order chi connectivity index (χ1) is 11.2. The summed E-state index contributed by atoms with van der Waals surface area (Å²) in [6.45, 7) is 0.619. The zero-order chi connectivity index (χ0) is 16.7. The van der Waals surface area contributed by atoms with Gasteiger partial charge >= 0.3 is 0 Å². The van der Waals surface area contributed by atoms with Crippen LogP contribution in [0.5, 0.6) is 17.2 Å². The SMILES string of the molecule is COc1ccc(CNC(=S)Nc2ccc(OC)cc2OC)cc1. The van der Waals surface area contributed by atoms with E-state index in [4.69, 9.17) is 26.4 Å². The first-order valence-corrected chi connectivity index (χ1v) is 7.47. The molecule has 0 aliphatic carbocycles. The normalized spacial score (nSPS) is 9.87. The molecule has 0 bridgehead atoms. The lowest BCUT2D eigenvalue weighted by Gasteiger charge is -2.14. The highest BCUT2D eigenvalue weighted by Gasteiger charge is 2.06. The Labute approximate surface area is 141 Å². The van der Waals surface area contributed by atoms with Gasteiger partial charge in [0.15, 0.2) is 5.11 Å². The maximum Gasteiger partial charge on any atom is 0.171 e. The first kappa shape index (κ1) is 16.9. The zero-order valence-electron chi connectivity index (χ0n) is 13.4. The molecule has 0 atom stereocenters. The third-order valence-electron chi connectivity index (χ3n) is 3.27. The number of nitrogens with one attached hydrogen (secondary N) is 2. The second kappa shape index (κ2) is 8.24. The fourth-order valence-corrected chi connectivity index (χ4v) is 2.18. The van der Waals surface area contributed by atoms with Crippen LogP contribution in [0.3, 0.4) is 0 Å². The van der Waals surface area contributed by atoms with Crippen molar-refractivity contribution in [2.45, 2.75) is 6.54 Å². The lowest BCUT2D eigenvalue weighted by molar-refractivity contribution is 0.395. The van der Waals surface area contributed by atoms with Crippen LogP contribution >= 0.6 is 12.2 Å². The molecular formula is C17H20N2O3S. The molecule has 0 unspecified atom stereocenters. The van der Waals surface area contributed by atoms with Crippen molar-refractivity contribution in [1.82, 2.24) is 5.32 Å². The molecule has 122 valence electrons. The summed E-state index contributed by atoms with van der Waals surface area (Å²) in [5.74, 6) is 2.22. The van der Waals surface area contributed by atoms with Gasteiger partial charge in [-0.25, -0.2) is 0 Å². The Bertz CT molecular complexity index is 659. The summed E-state index contributed by atoms with van der Waals surface area (Å²) in [5, 5.41) is 6.80. The van der Waals surface area contributed by atoms with Gasteiger partial charge in [-0.1, -0.05) is 12.1 Å². The summed E-state index contributed by atoms with van der Waals surface area (Å²) in [6.07, 6.45) is 0. The van der Waals surface area contributed by atoms with Crippen LogP contribution in [0.4, 0.5) is 5.69 Å². The third-order valence-corrected chi connectivity index (χ3v) is 3.52. The van der Waals surface area contributed by atoms with Crippen molar-refractivity contribution < 1.29 is 14.2 Å². The van der Waals surface area contributed by atoms with Gasteiger partial charge in [-0.2, -0.15) is 0 Å². The van der Waals surface area contributed by atoms with Crippen molar-refractivity contribution in [2.24, 2.45) is 0 Å². The number of thiocarbonyl (C=S) groups is 1. The van der Waals surface area contributed by atoms with Crippen LogP contribution < -0.4 is 24.8 Å². The van der Waals surface area contributed by atoms with Gasteiger partial charge in [-0.05, 0) is 42.0 Å². The van der Waals surface area contributed by atoms with E-state index >= 15 is 0 Å². The van der Waals surface area contributed by atoms with Gasteiger partial charge in [0, 0.05) is 12.6 Å². The smallest absolute Gasteiger partial charge is 0.171 e. The summed E-state index contributed by atoms with van der Waals surface area (Å²) in [7, 11) is 4.87. The van der Waals surface area contributed by atoms with E-state index in [2.05, 4.69) is 10.6 Å². The maximum absolute atomic E-state index is 5.33. The lowest BCUT2D eigenvalue weighted by atomic mass is 10.2. The van der Waals surface area contributed by atoms with Crippen LogP contribution in [0.25, 0.3) is 0 Å². The number of hydrogen-bond acceptors (Lipinski definition) is 4. The minimum Gasteiger partial charge on any atom is -0.497 e. The molecule has 0 aromatic heterocycles. The topological polar surface area (TPSA) is 51.8 Å². The number of methoxy groups -OCH3 is 3. The van der Waals surface area contributed by atoms with E-state index in [0.717, 1.165) is 22.7 Å². The van der Waals surface area contributed by atoms with E-state index < -0.39 is 0 Å². The Morgan fingerprint density at radius 1 is 0.913 bits per heavy atom. The van der Waals surface area contributed by atoms with Crippen LogP contribution in [-0.2, 0) is 6.54 Å². The molecular weight excluding hydrogens is 312 g/mol. The Balaban J connectivity index is 1.93. The number of benzene rings is 2. The summed E-state index contributed by atoms with van der Waals surface area (Å²) < 4.78 is 15.6. The number of anilines is 1. The molecule has 23 heavy (non-hydrogen) atoms. The van der Waals surface area contributed by atoms with Gasteiger partial charge in [0.1, 0.15) is 17.2 Å². The number of hydrogen-bond donors (Lipinski definition) is 2. The van der Waals surface area contributed by atoms with E-state index in [1.165, 1.54) is 0 Å². The van der Waals surface area contributed by atoms with Gasteiger partial charge in [0.05, 0.1) is 27.0 Å². The molecule has 5 nitrogen and oxygen atoms in total. The lowest BCUT2D eigenvalue weighted by Crippen LogP contribution is -2.28. The third kappa shape index (κ3) is 4.75. The quantitative estimate of drug-likeness (QED) is 0.792. The van der Waals surface area contributed by atoms with Crippen LogP contribution in [0.15, 0.2) is 42.5 Å². The van der Waals surface area contributed by atoms with E-state index in [0.29, 0.717) is 17.4 Å². The van der Waals surface area contributed by atoms with Crippen molar-refractivity contribution in [3.8, 4) is 17.2 Å². The number of rotatable bonds is 6. The molecule has 0 aliphatic rings. The standard InChI is InChI=1S/C17H20N2O3S/c1-20-13-6-4-12(5-7-13)11-18-17(23)19-15-9-8-14(21-2)10-16(15)22-3/h4-10H,11H2,1-3H3,(H2,18,19,23). The molecule has 6 heteroatoms. The molecule has 0 spiro atoms. The van der Waals surface area contributed by atoms with Crippen molar-refractivity contribution in [3.63, 3.8) is 0 Å². The van der Waals surface area contributed by atoms with Gasteiger partial charge in [-0.15, -0.1) is 0 Å². The highest BCUT2D eigenvalue weighted by molar-refractivity contribution is 7.80. The molecule has 0 aliphatic heterocycles. The van der Waals surface area contributed by atoms with Gasteiger partial charge in [0.25, 0.3) is 0 Å². The summed E-state index contributed by atoms with van der Waals surface area (Å²) in [4.78, 5) is 0. The molecule has 0 radical (unpaired) electrons. The maximum atomic E-state index is 5.33. The molecule has 0 saturated carbocycles. The van der Waals surface area contributed by atoms with Crippen molar-refractivity contribution in [1.29, 1.82) is 0 Å². The molecule has 2 N–H and O–H groups in total. The van der Waals surface area contributed by atoms with Gasteiger partial charge in [0.2, 0.25) is 0 Å². The second-order valence-electron chi connectivity index (χ2n) is 4.72. The molecule has 2 aromatic carbocycles. The fraction of sp³-hybridized carbons (Fsp3) is 0.235. The average molecular weight is 332 g/mol. The van der Waals surface area contributed by atoms with E-state index in [-0.39, 0.29) is 0 Å². The summed E-state index contributed by atoms with van der Waals surface area (Å²) in [6, 6.07) is 13.3. The van der Waals surface area contributed by atoms with Crippen LogP contribution in [0.2, 0.25) is 0 Å². The minimum absolute atomic E-state index is 0.518.